The number of fused-ring (bicyclic) bond motifs is 4. The van der Waals surface area contributed by atoms with E-state index in [0.717, 1.165) is 66.1 Å². The van der Waals surface area contributed by atoms with Crippen LogP contribution in [0.4, 0.5) is 0 Å². The minimum absolute atomic E-state index is 0.149. The highest BCUT2D eigenvalue weighted by molar-refractivity contribution is 6.28. The molecule has 8 aromatic rings. The summed E-state index contributed by atoms with van der Waals surface area (Å²) in [6, 6.07) is 45.5. The van der Waals surface area contributed by atoms with Gasteiger partial charge in [-0.15, -0.1) is 0 Å². The van der Waals surface area contributed by atoms with Gasteiger partial charge in [-0.3, -0.25) is 0 Å². The van der Waals surface area contributed by atoms with E-state index in [-0.39, 0.29) is 5.28 Å². The maximum absolute atomic E-state index is 6.50. The van der Waals surface area contributed by atoms with Crippen LogP contribution in [0.25, 0.3) is 77.7 Å². The van der Waals surface area contributed by atoms with Crippen molar-refractivity contribution in [2.24, 2.45) is 0 Å². The van der Waals surface area contributed by atoms with Gasteiger partial charge in [0, 0.05) is 27.5 Å². The smallest absolute Gasteiger partial charge is 0.226 e. The number of rotatable bonds is 4. The summed E-state index contributed by atoms with van der Waals surface area (Å²) < 4.78 is 6.41. The van der Waals surface area contributed by atoms with Crippen molar-refractivity contribution in [1.29, 1.82) is 0 Å². The van der Waals surface area contributed by atoms with Gasteiger partial charge >= 0.3 is 0 Å². The number of halogens is 1. The highest BCUT2D eigenvalue weighted by Gasteiger charge is 2.17. The maximum Gasteiger partial charge on any atom is 0.226 e. The normalized spacial score (nSPS) is 11.5. The lowest BCUT2D eigenvalue weighted by Gasteiger charge is -2.12. The molecule has 0 saturated heterocycles. The Hall–Kier alpha value is -5.32. The molecule has 0 unspecified atom stereocenters. The van der Waals surface area contributed by atoms with Crippen molar-refractivity contribution in [2.45, 2.75) is 0 Å². The van der Waals surface area contributed by atoms with Gasteiger partial charge in [-0.05, 0) is 57.3 Å². The molecule has 0 radical (unpaired) electrons. The number of para-hydroxylation sites is 2. The lowest BCUT2D eigenvalue weighted by atomic mass is 9.94. The van der Waals surface area contributed by atoms with Crippen LogP contribution in [0.5, 0.6) is 0 Å². The zero-order chi connectivity index (χ0) is 28.0. The number of nitrogens with zero attached hydrogens (tertiary/aromatic N) is 3. The van der Waals surface area contributed by atoms with Crippen LogP contribution in [0.1, 0.15) is 0 Å². The van der Waals surface area contributed by atoms with Gasteiger partial charge in [0.05, 0.1) is 0 Å². The van der Waals surface area contributed by atoms with Crippen LogP contribution in [0.15, 0.2) is 138 Å². The minimum atomic E-state index is 0.149. The van der Waals surface area contributed by atoms with Gasteiger partial charge in [0.15, 0.2) is 11.6 Å². The Balaban J connectivity index is 1.28. The molecule has 2 heterocycles. The van der Waals surface area contributed by atoms with Crippen molar-refractivity contribution < 1.29 is 4.42 Å². The van der Waals surface area contributed by atoms with Crippen LogP contribution in [0.3, 0.4) is 0 Å². The van der Waals surface area contributed by atoms with E-state index in [2.05, 4.69) is 88.8 Å². The number of aromatic nitrogens is 3. The van der Waals surface area contributed by atoms with Gasteiger partial charge in [-0.1, -0.05) is 115 Å². The van der Waals surface area contributed by atoms with Crippen LogP contribution >= 0.6 is 11.6 Å². The molecule has 8 rings (SSSR count). The molecule has 0 aliphatic heterocycles. The third kappa shape index (κ3) is 4.21. The zero-order valence-electron chi connectivity index (χ0n) is 22.3. The van der Waals surface area contributed by atoms with Gasteiger partial charge in [0.25, 0.3) is 0 Å². The van der Waals surface area contributed by atoms with Crippen LogP contribution in [0.2, 0.25) is 5.28 Å². The van der Waals surface area contributed by atoms with Crippen LogP contribution in [0, 0.1) is 0 Å². The molecule has 6 aromatic carbocycles. The van der Waals surface area contributed by atoms with E-state index in [1.165, 1.54) is 0 Å². The lowest BCUT2D eigenvalue weighted by Crippen LogP contribution is -1.98. The second kappa shape index (κ2) is 9.95. The van der Waals surface area contributed by atoms with E-state index in [1.54, 1.807) is 0 Å². The molecular formula is C37H22ClN3O. The van der Waals surface area contributed by atoms with E-state index in [1.807, 2.05) is 54.6 Å². The molecular weight excluding hydrogens is 538 g/mol. The topological polar surface area (TPSA) is 51.8 Å². The summed E-state index contributed by atoms with van der Waals surface area (Å²) in [6.07, 6.45) is 0. The summed E-state index contributed by atoms with van der Waals surface area (Å²) in [6.45, 7) is 0. The SMILES string of the molecule is Clc1nc(-c2ccc(-c3ccccc3)cc2)nc(-c2cc(-c3cccc4c3oc3ccccc34)c3ccccc3c2)n1. The fourth-order valence-corrected chi connectivity index (χ4v) is 5.83. The van der Waals surface area contributed by atoms with E-state index in [9.17, 15) is 0 Å². The van der Waals surface area contributed by atoms with Crippen LogP contribution in [-0.4, -0.2) is 15.0 Å². The molecule has 0 atom stereocenters. The minimum Gasteiger partial charge on any atom is -0.455 e. The Morgan fingerprint density at radius 2 is 1.10 bits per heavy atom. The molecule has 0 aliphatic rings. The number of benzene rings is 6. The Morgan fingerprint density at radius 3 is 1.93 bits per heavy atom. The largest absolute Gasteiger partial charge is 0.455 e. The van der Waals surface area contributed by atoms with Gasteiger partial charge < -0.3 is 4.42 Å². The van der Waals surface area contributed by atoms with Gasteiger partial charge in [0.2, 0.25) is 5.28 Å². The zero-order valence-corrected chi connectivity index (χ0v) is 23.1. The quantitative estimate of drug-likeness (QED) is 0.215. The van der Waals surface area contributed by atoms with Crippen LogP contribution in [-0.2, 0) is 0 Å². The average molecular weight is 560 g/mol. The molecule has 0 spiro atoms. The van der Waals surface area contributed by atoms with Gasteiger partial charge in [0.1, 0.15) is 11.2 Å². The molecule has 0 fully saturated rings. The third-order valence-electron chi connectivity index (χ3n) is 7.67. The third-order valence-corrected chi connectivity index (χ3v) is 7.84. The van der Waals surface area contributed by atoms with Gasteiger partial charge in [-0.2, -0.15) is 9.97 Å². The van der Waals surface area contributed by atoms with E-state index in [0.29, 0.717) is 11.6 Å². The number of furan rings is 1. The monoisotopic (exact) mass is 559 g/mol. The van der Waals surface area contributed by atoms with Crippen molar-refractivity contribution in [3.8, 4) is 45.0 Å². The molecule has 5 heteroatoms. The lowest BCUT2D eigenvalue weighted by molar-refractivity contribution is 0.670. The first-order chi connectivity index (χ1) is 20.7. The first kappa shape index (κ1) is 24.5. The molecule has 4 nitrogen and oxygen atoms in total. The van der Waals surface area contributed by atoms with E-state index in [4.69, 9.17) is 21.0 Å². The van der Waals surface area contributed by atoms with E-state index >= 15 is 0 Å². The van der Waals surface area contributed by atoms with Gasteiger partial charge in [-0.25, -0.2) is 4.98 Å². The van der Waals surface area contributed by atoms with Crippen molar-refractivity contribution in [1.82, 2.24) is 15.0 Å². The van der Waals surface area contributed by atoms with Crippen molar-refractivity contribution >= 4 is 44.3 Å². The van der Waals surface area contributed by atoms with Crippen molar-refractivity contribution in [2.75, 3.05) is 0 Å². The number of hydrogen-bond donors (Lipinski definition) is 0. The first-order valence-electron chi connectivity index (χ1n) is 13.7. The molecule has 2 aromatic heterocycles. The highest BCUT2D eigenvalue weighted by Crippen LogP contribution is 2.40. The molecule has 42 heavy (non-hydrogen) atoms. The molecule has 198 valence electrons. The Bertz CT molecular complexity index is 2260. The standard InChI is InChI=1S/C37H22ClN3O/c38-37-40-35(25-19-17-24(18-20-25)23-9-2-1-3-10-23)39-36(41-37)27-21-26-11-4-5-12-28(26)32(22-27)31-15-8-14-30-29-13-6-7-16-33(29)42-34(30)31/h1-22H. The van der Waals surface area contributed by atoms with Crippen molar-refractivity contribution in [3.05, 3.63) is 139 Å². The fourth-order valence-electron chi connectivity index (χ4n) is 5.67. The predicted molar refractivity (Wildman–Crippen MR) is 171 cm³/mol. The molecule has 0 bridgehead atoms. The molecule has 0 amide bonds. The maximum atomic E-state index is 6.50. The Labute approximate surface area is 246 Å². The first-order valence-corrected chi connectivity index (χ1v) is 14.1. The van der Waals surface area contributed by atoms with Crippen molar-refractivity contribution in [3.63, 3.8) is 0 Å². The van der Waals surface area contributed by atoms with Crippen LogP contribution < -0.4 is 0 Å². The summed E-state index contributed by atoms with van der Waals surface area (Å²) in [7, 11) is 0. The summed E-state index contributed by atoms with van der Waals surface area (Å²) in [5.41, 5.74) is 7.77. The average Bonchev–Trinajstić information content (AvgIpc) is 3.43. The molecule has 0 aliphatic carbocycles. The summed E-state index contributed by atoms with van der Waals surface area (Å²) >= 11 is 6.50. The Morgan fingerprint density at radius 1 is 0.452 bits per heavy atom. The summed E-state index contributed by atoms with van der Waals surface area (Å²) in [5, 5.41) is 4.52. The summed E-state index contributed by atoms with van der Waals surface area (Å²) in [4.78, 5) is 13.9. The molecule has 0 N–H and O–H groups in total. The molecule has 0 saturated carbocycles. The fraction of sp³-hybridized carbons (Fsp3) is 0. The van der Waals surface area contributed by atoms with E-state index < -0.39 is 0 Å². The number of hydrogen-bond acceptors (Lipinski definition) is 4. The predicted octanol–water partition coefficient (Wildman–Crippen LogP) is 10.2. The second-order valence-electron chi connectivity index (χ2n) is 10.2. The summed E-state index contributed by atoms with van der Waals surface area (Å²) in [5.74, 6) is 1.04. The second-order valence-corrected chi connectivity index (χ2v) is 10.6. The Kier molecular flexibility index (Phi) is 5.80. The highest BCUT2D eigenvalue weighted by atomic mass is 35.5.